The van der Waals surface area contributed by atoms with Crippen LogP contribution in [-0.2, 0) is 12.2 Å². The SMILES string of the molecule is Cc1nc(COc2cc(C)n(-c3cc(-c4nc(C(C)(C)O)ncc4C)ncc3Cl)c(=O)c2C)co1. The zero-order valence-corrected chi connectivity index (χ0v) is 21.1. The van der Waals surface area contributed by atoms with E-state index in [-0.39, 0.29) is 18.0 Å². The predicted molar refractivity (Wildman–Crippen MR) is 131 cm³/mol. The smallest absolute Gasteiger partial charge is 0.261 e. The molecule has 0 amide bonds. The van der Waals surface area contributed by atoms with Crippen molar-refractivity contribution in [2.75, 3.05) is 0 Å². The van der Waals surface area contributed by atoms with Crippen LogP contribution < -0.4 is 10.3 Å². The first kappa shape index (κ1) is 24.6. The summed E-state index contributed by atoms with van der Waals surface area (Å²) < 4.78 is 12.6. The lowest BCUT2D eigenvalue weighted by molar-refractivity contribution is 0.0688. The van der Waals surface area contributed by atoms with Gasteiger partial charge in [-0.1, -0.05) is 11.6 Å². The van der Waals surface area contributed by atoms with Crippen LogP contribution in [0.5, 0.6) is 5.75 Å². The maximum atomic E-state index is 13.4. The number of hydrogen-bond donors (Lipinski definition) is 1. The fourth-order valence-electron chi connectivity index (χ4n) is 3.60. The minimum atomic E-state index is -1.22. The highest BCUT2D eigenvalue weighted by Gasteiger charge is 2.22. The maximum absolute atomic E-state index is 13.4. The predicted octanol–water partition coefficient (Wildman–Crippen LogP) is 4.37. The molecule has 0 bridgehead atoms. The first-order chi connectivity index (χ1) is 16.5. The molecule has 0 atom stereocenters. The van der Waals surface area contributed by atoms with Crippen molar-refractivity contribution >= 4 is 11.6 Å². The van der Waals surface area contributed by atoms with Gasteiger partial charge in [0, 0.05) is 31.1 Å². The van der Waals surface area contributed by atoms with Crippen molar-refractivity contribution in [2.24, 2.45) is 0 Å². The number of rotatable bonds is 6. The van der Waals surface area contributed by atoms with Gasteiger partial charge in [-0.15, -0.1) is 0 Å². The normalized spacial score (nSPS) is 11.7. The second kappa shape index (κ2) is 9.24. The average Bonchev–Trinajstić information content (AvgIpc) is 3.21. The number of pyridine rings is 2. The lowest BCUT2D eigenvalue weighted by Gasteiger charge is -2.18. The van der Waals surface area contributed by atoms with Gasteiger partial charge in [0.1, 0.15) is 29.9 Å². The van der Waals surface area contributed by atoms with Crippen LogP contribution in [0.25, 0.3) is 17.1 Å². The Bertz CT molecular complexity index is 1470. The van der Waals surface area contributed by atoms with Gasteiger partial charge in [-0.25, -0.2) is 15.0 Å². The molecule has 35 heavy (non-hydrogen) atoms. The van der Waals surface area contributed by atoms with Crippen molar-refractivity contribution < 1.29 is 14.3 Å². The van der Waals surface area contributed by atoms with Crippen molar-refractivity contribution in [2.45, 2.75) is 53.8 Å². The molecule has 10 heteroatoms. The molecule has 1 N–H and O–H groups in total. The standard InChI is InChI=1S/C25H26ClN5O4/c1-13-9-28-24(25(5,6)33)30-22(13)19-8-20(18(26)10-27-19)31-14(2)7-21(15(3)23(31)32)35-12-17-11-34-16(4)29-17/h7-11,33H,12H2,1-6H3. The molecule has 0 saturated heterocycles. The molecule has 4 rings (SSSR count). The molecule has 4 heterocycles. The third-order valence-electron chi connectivity index (χ3n) is 5.47. The molecule has 182 valence electrons. The van der Waals surface area contributed by atoms with Gasteiger partial charge in [0.25, 0.3) is 5.56 Å². The average molecular weight is 496 g/mol. The van der Waals surface area contributed by atoms with Crippen LogP contribution in [0.3, 0.4) is 0 Å². The number of nitrogens with zero attached hydrogens (tertiary/aromatic N) is 5. The van der Waals surface area contributed by atoms with E-state index in [9.17, 15) is 9.90 Å². The molecule has 9 nitrogen and oxygen atoms in total. The summed E-state index contributed by atoms with van der Waals surface area (Å²) >= 11 is 6.50. The van der Waals surface area contributed by atoms with Crippen LogP contribution in [0.4, 0.5) is 0 Å². The second-order valence-corrected chi connectivity index (χ2v) is 9.27. The molecule has 0 saturated carbocycles. The van der Waals surface area contributed by atoms with E-state index in [2.05, 4.69) is 19.9 Å². The summed E-state index contributed by atoms with van der Waals surface area (Å²) in [7, 11) is 0. The number of oxazole rings is 1. The number of halogens is 1. The van der Waals surface area contributed by atoms with Crippen LogP contribution in [-0.4, -0.2) is 29.6 Å². The Morgan fingerprint density at radius 1 is 1.11 bits per heavy atom. The molecule has 0 spiro atoms. The fourth-order valence-corrected chi connectivity index (χ4v) is 3.78. The molecule has 0 aromatic carbocycles. The van der Waals surface area contributed by atoms with Gasteiger partial charge in [0.05, 0.1) is 27.7 Å². The van der Waals surface area contributed by atoms with E-state index in [0.717, 1.165) is 5.56 Å². The van der Waals surface area contributed by atoms with Gasteiger partial charge in [-0.05, 0) is 46.2 Å². The van der Waals surface area contributed by atoms with Crippen LogP contribution in [0.15, 0.2) is 40.0 Å². The zero-order valence-electron chi connectivity index (χ0n) is 20.4. The molecular weight excluding hydrogens is 470 g/mol. The molecule has 4 aromatic heterocycles. The number of aryl methyl sites for hydroxylation is 3. The number of hydrogen-bond acceptors (Lipinski definition) is 8. The molecular formula is C25H26ClN5O4. The van der Waals surface area contributed by atoms with Crippen molar-refractivity contribution in [3.05, 3.63) is 80.4 Å². The lowest BCUT2D eigenvalue weighted by Crippen LogP contribution is -2.24. The molecule has 0 aliphatic heterocycles. The van der Waals surface area contributed by atoms with E-state index in [1.165, 1.54) is 17.0 Å². The van der Waals surface area contributed by atoms with E-state index < -0.39 is 5.60 Å². The van der Waals surface area contributed by atoms with Gasteiger partial charge in [-0.2, -0.15) is 0 Å². The van der Waals surface area contributed by atoms with Gasteiger partial charge < -0.3 is 14.3 Å². The van der Waals surface area contributed by atoms with E-state index in [1.54, 1.807) is 52.9 Å². The Labute approximate surface area is 207 Å². The summed E-state index contributed by atoms with van der Waals surface area (Å²) in [4.78, 5) is 30.8. The van der Waals surface area contributed by atoms with Gasteiger partial charge in [0.2, 0.25) is 0 Å². The largest absolute Gasteiger partial charge is 0.487 e. The third kappa shape index (κ3) is 4.96. The highest BCUT2D eigenvalue weighted by atomic mass is 35.5. The first-order valence-electron chi connectivity index (χ1n) is 11.0. The first-order valence-corrected chi connectivity index (χ1v) is 11.3. The highest BCUT2D eigenvalue weighted by molar-refractivity contribution is 6.32. The Balaban J connectivity index is 1.76. The third-order valence-corrected chi connectivity index (χ3v) is 5.76. The molecule has 0 radical (unpaired) electrons. The van der Waals surface area contributed by atoms with E-state index >= 15 is 0 Å². The topological polar surface area (TPSA) is 116 Å². The monoisotopic (exact) mass is 495 g/mol. The molecule has 0 aliphatic carbocycles. The van der Waals surface area contributed by atoms with Crippen molar-refractivity contribution in [3.8, 4) is 22.8 Å². The lowest BCUT2D eigenvalue weighted by atomic mass is 10.1. The fraction of sp³-hybridized carbons (Fsp3) is 0.320. The van der Waals surface area contributed by atoms with Crippen LogP contribution in [0.1, 0.15) is 48.1 Å². The summed E-state index contributed by atoms with van der Waals surface area (Å²) in [6.45, 7) is 10.5. The van der Waals surface area contributed by atoms with Gasteiger partial charge in [0.15, 0.2) is 11.7 Å². The van der Waals surface area contributed by atoms with E-state index in [1.807, 2.05) is 6.92 Å². The Morgan fingerprint density at radius 2 is 1.86 bits per heavy atom. The number of ether oxygens (including phenoxy) is 1. The Kier molecular flexibility index (Phi) is 6.48. The van der Waals surface area contributed by atoms with Crippen LogP contribution in [0.2, 0.25) is 5.02 Å². The van der Waals surface area contributed by atoms with Crippen LogP contribution in [0, 0.1) is 27.7 Å². The van der Waals surface area contributed by atoms with Crippen LogP contribution >= 0.6 is 11.6 Å². The zero-order chi connectivity index (χ0) is 25.5. The van der Waals surface area contributed by atoms with E-state index in [4.69, 9.17) is 20.8 Å². The molecule has 4 aromatic rings. The highest BCUT2D eigenvalue weighted by Crippen LogP contribution is 2.29. The number of aromatic nitrogens is 5. The van der Waals surface area contributed by atoms with Crippen molar-refractivity contribution in [1.82, 2.24) is 24.5 Å². The summed E-state index contributed by atoms with van der Waals surface area (Å²) in [5.74, 6) is 1.27. The molecule has 0 fully saturated rings. The molecule has 0 unspecified atom stereocenters. The second-order valence-electron chi connectivity index (χ2n) is 8.87. The minimum absolute atomic E-state index is 0.178. The number of aliphatic hydroxyl groups is 1. The quantitative estimate of drug-likeness (QED) is 0.419. The van der Waals surface area contributed by atoms with Crippen molar-refractivity contribution in [1.29, 1.82) is 0 Å². The summed E-state index contributed by atoms with van der Waals surface area (Å²) in [6.07, 6.45) is 4.64. The minimum Gasteiger partial charge on any atom is -0.487 e. The molecule has 0 aliphatic rings. The Morgan fingerprint density at radius 3 is 2.51 bits per heavy atom. The summed E-state index contributed by atoms with van der Waals surface area (Å²) in [5.41, 5.74) is 2.47. The van der Waals surface area contributed by atoms with Gasteiger partial charge in [-0.3, -0.25) is 14.3 Å². The summed E-state index contributed by atoms with van der Waals surface area (Å²) in [5, 5.41) is 10.6. The van der Waals surface area contributed by atoms with Gasteiger partial charge >= 0.3 is 0 Å². The van der Waals surface area contributed by atoms with Crippen molar-refractivity contribution in [3.63, 3.8) is 0 Å². The Hall–Kier alpha value is -3.56. The maximum Gasteiger partial charge on any atom is 0.261 e. The summed E-state index contributed by atoms with van der Waals surface area (Å²) in [6, 6.07) is 3.49. The van der Waals surface area contributed by atoms with E-state index in [0.29, 0.717) is 50.7 Å².